The summed E-state index contributed by atoms with van der Waals surface area (Å²) in [7, 11) is 0. The maximum Gasteiger partial charge on any atom is 0.243 e. The van der Waals surface area contributed by atoms with E-state index in [9.17, 15) is 9.90 Å². The van der Waals surface area contributed by atoms with Gasteiger partial charge in [-0.05, 0) is 75.6 Å². The molecule has 0 aromatic heterocycles. The molecule has 1 aliphatic carbocycles. The van der Waals surface area contributed by atoms with Gasteiger partial charge in [0.15, 0.2) is 11.5 Å². The van der Waals surface area contributed by atoms with Gasteiger partial charge in [-0.1, -0.05) is 0 Å². The van der Waals surface area contributed by atoms with E-state index < -0.39 is 6.10 Å². The Morgan fingerprint density at radius 1 is 1.07 bits per heavy atom. The molecule has 1 amide bonds. The number of ether oxygens (including phenoxy) is 3. The van der Waals surface area contributed by atoms with Crippen molar-refractivity contribution in [1.82, 2.24) is 9.80 Å². The van der Waals surface area contributed by atoms with Gasteiger partial charge in [-0.2, -0.15) is 0 Å². The molecule has 162 valence electrons. The second-order valence-electron chi connectivity index (χ2n) is 9.67. The lowest BCUT2D eigenvalue weighted by atomic mass is 9.78. The molecule has 5 aliphatic rings. The zero-order valence-corrected chi connectivity index (χ0v) is 17.3. The molecular weight excluding hydrogens is 384 g/mol. The van der Waals surface area contributed by atoms with Crippen LogP contribution in [0.25, 0.3) is 0 Å². The first kappa shape index (κ1) is 18.8. The second kappa shape index (κ2) is 7.02. The summed E-state index contributed by atoms with van der Waals surface area (Å²) in [5.41, 5.74) is -0.228. The van der Waals surface area contributed by atoms with E-state index >= 15 is 0 Å². The maximum atomic E-state index is 13.5. The van der Waals surface area contributed by atoms with Gasteiger partial charge in [0, 0.05) is 19.2 Å². The highest BCUT2D eigenvalue weighted by molar-refractivity contribution is 5.87. The van der Waals surface area contributed by atoms with Crippen molar-refractivity contribution in [2.75, 3.05) is 33.0 Å². The third-order valence-electron chi connectivity index (χ3n) is 8.04. The van der Waals surface area contributed by atoms with Crippen molar-refractivity contribution >= 4 is 5.91 Å². The van der Waals surface area contributed by atoms with E-state index in [1.54, 1.807) is 0 Å². The molecule has 6 rings (SSSR count). The van der Waals surface area contributed by atoms with Crippen LogP contribution in [0.3, 0.4) is 0 Å². The van der Waals surface area contributed by atoms with Crippen molar-refractivity contribution < 1.29 is 24.1 Å². The van der Waals surface area contributed by atoms with Gasteiger partial charge in [0.05, 0.1) is 6.10 Å². The molecule has 1 aromatic rings. The predicted octanol–water partition coefficient (Wildman–Crippen LogP) is 2.02. The van der Waals surface area contributed by atoms with E-state index in [1.165, 1.54) is 0 Å². The minimum absolute atomic E-state index is 0.228. The molecule has 1 saturated carbocycles. The summed E-state index contributed by atoms with van der Waals surface area (Å²) in [5.74, 6) is 3.21. The lowest BCUT2D eigenvalue weighted by Crippen LogP contribution is -2.53. The maximum absolute atomic E-state index is 13.5. The number of benzene rings is 1. The zero-order valence-electron chi connectivity index (χ0n) is 17.3. The summed E-state index contributed by atoms with van der Waals surface area (Å²) in [5, 5.41) is 10.8. The Morgan fingerprint density at radius 3 is 2.60 bits per heavy atom. The van der Waals surface area contributed by atoms with Gasteiger partial charge in [0.25, 0.3) is 0 Å². The smallest absolute Gasteiger partial charge is 0.243 e. The molecule has 4 aliphatic heterocycles. The molecule has 1 aromatic carbocycles. The number of carbonyl (C=O) groups excluding carboxylic acids is 1. The highest BCUT2D eigenvalue weighted by Crippen LogP contribution is 2.44. The molecule has 0 bridgehead atoms. The summed E-state index contributed by atoms with van der Waals surface area (Å²) < 4.78 is 17.0. The summed E-state index contributed by atoms with van der Waals surface area (Å²) in [6.45, 7) is 3.95. The molecule has 0 unspecified atom stereocenters. The first-order valence-electron chi connectivity index (χ1n) is 11.4. The lowest BCUT2D eigenvalue weighted by Gasteiger charge is -2.35. The molecule has 4 heterocycles. The summed E-state index contributed by atoms with van der Waals surface area (Å²) in [6, 6.07) is 5.55. The number of nitrogens with zero attached hydrogens (tertiary/aromatic N) is 2. The highest BCUT2D eigenvalue weighted by atomic mass is 16.7. The summed E-state index contributed by atoms with van der Waals surface area (Å²) in [4.78, 5) is 18.1. The SMILES string of the molecule is O=C(N1C[C@H]2C[C@@H](Oc3ccc4c(c3)OCO4)[C@H](O)C[C@H]2C1)C12CCCN1CCC2. The van der Waals surface area contributed by atoms with Crippen molar-refractivity contribution in [3.05, 3.63) is 18.2 Å². The molecule has 3 saturated heterocycles. The van der Waals surface area contributed by atoms with Gasteiger partial charge in [-0.3, -0.25) is 9.69 Å². The number of carbonyl (C=O) groups is 1. The Bertz CT molecular complexity index is 835. The van der Waals surface area contributed by atoms with Crippen molar-refractivity contribution in [2.45, 2.75) is 56.3 Å². The molecule has 0 radical (unpaired) electrons. The van der Waals surface area contributed by atoms with Crippen LogP contribution >= 0.6 is 0 Å². The van der Waals surface area contributed by atoms with Crippen molar-refractivity contribution in [2.24, 2.45) is 11.8 Å². The normalized spacial score (nSPS) is 34.1. The van der Waals surface area contributed by atoms with Crippen LogP contribution in [0.15, 0.2) is 18.2 Å². The van der Waals surface area contributed by atoms with Gasteiger partial charge < -0.3 is 24.2 Å². The summed E-state index contributed by atoms with van der Waals surface area (Å²) in [6.07, 6.45) is 4.99. The quantitative estimate of drug-likeness (QED) is 0.816. The molecular formula is C23H30N2O5. The average molecular weight is 415 g/mol. The van der Waals surface area contributed by atoms with Crippen molar-refractivity contribution in [1.29, 1.82) is 0 Å². The van der Waals surface area contributed by atoms with Gasteiger partial charge in [-0.25, -0.2) is 0 Å². The van der Waals surface area contributed by atoms with Crippen LogP contribution in [-0.4, -0.2) is 71.5 Å². The van der Waals surface area contributed by atoms with Gasteiger partial charge >= 0.3 is 0 Å². The van der Waals surface area contributed by atoms with E-state index in [0.29, 0.717) is 35.7 Å². The molecule has 7 nitrogen and oxygen atoms in total. The Morgan fingerprint density at radius 2 is 1.80 bits per heavy atom. The van der Waals surface area contributed by atoms with Crippen LogP contribution in [0.5, 0.6) is 17.2 Å². The molecule has 4 atom stereocenters. The standard InChI is InChI=1S/C23H30N2O5/c26-18-9-15-12-24(22(27)23-5-1-7-25(23)8-2-6-23)13-16(15)10-20(18)30-17-3-4-19-21(11-17)29-14-28-19/h3-4,11,15-16,18,20,26H,1-2,5-10,12-14H2/t15-,16+,18+,20+/m0/s1. The number of hydrogen-bond donors (Lipinski definition) is 1. The Kier molecular flexibility index (Phi) is 4.39. The van der Waals surface area contributed by atoms with E-state index in [4.69, 9.17) is 14.2 Å². The van der Waals surface area contributed by atoms with Gasteiger partial charge in [0.2, 0.25) is 12.7 Å². The number of aliphatic hydroxyl groups is 1. The number of aliphatic hydroxyl groups excluding tert-OH is 1. The fourth-order valence-electron chi connectivity index (χ4n) is 6.56. The fourth-order valence-corrected chi connectivity index (χ4v) is 6.56. The van der Waals surface area contributed by atoms with E-state index in [-0.39, 0.29) is 18.4 Å². The van der Waals surface area contributed by atoms with Crippen LogP contribution < -0.4 is 14.2 Å². The molecule has 0 spiro atoms. The van der Waals surface area contributed by atoms with Crippen LogP contribution in [0, 0.1) is 11.8 Å². The average Bonchev–Trinajstić information content (AvgIpc) is 3.50. The van der Waals surface area contributed by atoms with Crippen LogP contribution in [0.4, 0.5) is 0 Å². The minimum Gasteiger partial charge on any atom is -0.488 e. The van der Waals surface area contributed by atoms with Crippen LogP contribution in [-0.2, 0) is 4.79 Å². The minimum atomic E-state index is -0.514. The monoisotopic (exact) mass is 414 g/mol. The summed E-state index contributed by atoms with van der Waals surface area (Å²) >= 11 is 0. The molecule has 1 N–H and O–H groups in total. The van der Waals surface area contributed by atoms with E-state index in [2.05, 4.69) is 9.80 Å². The van der Waals surface area contributed by atoms with Crippen molar-refractivity contribution in [3.63, 3.8) is 0 Å². The third-order valence-corrected chi connectivity index (χ3v) is 8.04. The number of rotatable bonds is 3. The Labute approximate surface area is 176 Å². The number of fused-ring (bicyclic) bond motifs is 3. The lowest BCUT2D eigenvalue weighted by molar-refractivity contribution is -0.140. The molecule has 7 heteroatoms. The number of amides is 1. The topological polar surface area (TPSA) is 71.5 Å². The third kappa shape index (κ3) is 2.89. The van der Waals surface area contributed by atoms with Crippen LogP contribution in [0.1, 0.15) is 38.5 Å². The second-order valence-corrected chi connectivity index (χ2v) is 9.67. The number of likely N-dealkylation sites (tertiary alicyclic amines) is 1. The highest BCUT2D eigenvalue weighted by Gasteiger charge is 2.54. The fraction of sp³-hybridized carbons (Fsp3) is 0.696. The molecule has 30 heavy (non-hydrogen) atoms. The first-order valence-corrected chi connectivity index (χ1v) is 11.4. The Hall–Kier alpha value is -1.99. The zero-order chi connectivity index (χ0) is 20.3. The Balaban J connectivity index is 1.13. The number of hydrogen-bond acceptors (Lipinski definition) is 6. The van der Waals surface area contributed by atoms with Crippen LogP contribution in [0.2, 0.25) is 0 Å². The molecule has 4 fully saturated rings. The largest absolute Gasteiger partial charge is 0.488 e. The van der Waals surface area contributed by atoms with Gasteiger partial charge in [-0.15, -0.1) is 0 Å². The van der Waals surface area contributed by atoms with Gasteiger partial charge in [0.1, 0.15) is 17.4 Å². The first-order chi connectivity index (χ1) is 14.6. The van der Waals surface area contributed by atoms with E-state index in [1.807, 2.05) is 18.2 Å². The predicted molar refractivity (Wildman–Crippen MR) is 109 cm³/mol. The van der Waals surface area contributed by atoms with Crippen molar-refractivity contribution in [3.8, 4) is 17.2 Å². The van der Waals surface area contributed by atoms with E-state index in [0.717, 1.165) is 64.0 Å².